The smallest absolute Gasteiger partial charge is 0.310 e. The molecule has 0 aliphatic carbocycles. The topological polar surface area (TPSA) is 55.8 Å². The molecule has 104 valence electrons. The summed E-state index contributed by atoms with van der Waals surface area (Å²) in [6, 6.07) is 0. The SMILES string of the molecule is COC(=O)C1CC(=O)N(CCCOC(C)(C)C)C1. The molecule has 0 N–H and O–H groups in total. The number of hydrogen-bond acceptors (Lipinski definition) is 4. The van der Waals surface area contributed by atoms with Crippen LogP contribution in [0.3, 0.4) is 0 Å². The molecule has 0 spiro atoms. The van der Waals surface area contributed by atoms with E-state index >= 15 is 0 Å². The minimum atomic E-state index is -0.300. The molecule has 1 heterocycles. The Balaban J connectivity index is 2.27. The van der Waals surface area contributed by atoms with Gasteiger partial charge in [-0.1, -0.05) is 0 Å². The second kappa shape index (κ2) is 6.18. The molecule has 1 unspecified atom stereocenters. The van der Waals surface area contributed by atoms with Crippen LogP contribution in [0, 0.1) is 5.92 Å². The molecule has 5 nitrogen and oxygen atoms in total. The number of carbonyl (C=O) groups is 2. The average molecular weight is 257 g/mol. The molecule has 1 atom stereocenters. The molecule has 1 amide bonds. The predicted molar refractivity (Wildman–Crippen MR) is 67.0 cm³/mol. The Morgan fingerprint density at radius 1 is 1.44 bits per heavy atom. The summed E-state index contributed by atoms with van der Waals surface area (Å²) in [7, 11) is 1.35. The van der Waals surface area contributed by atoms with Crippen LogP contribution in [0.15, 0.2) is 0 Å². The van der Waals surface area contributed by atoms with Crippen molar-refractivity contribution in [1.29, 1.82) is 0 Å². The van der Waals surface area contributed by atoms with Crippen molar-refractivity contribution in [3.05, 3.63) is 0 Å². The fraction of sp³-hybridized carbons (Fsp3) is 0.846. The lowest BCUT2D eigenvalue weighted by Gasteiger charge is -2.21. The molecule has 18 heavy (non-hydrogen) atoms. The Hall–Kier alpha value is -1.10. The van der Waals surface area contributed by atoms with Crippen molar-refractivity contribution in [2.75, 3.05) is 26.8 Å². The van der Waals surface area contributed by atoms with Crippen molar-refractivity contribution >= 4 is 11.9 Å². The molecule has 0 aromatic rings. The van der Waals surface area contributed by atoms with Gasteiger partial charge in [0.2, 0.25) is 5.91 Å². The Kier molecular flexibility index (Phi) is 5.14. The van der Waals surface area contributed by atoms with Crippen molar-refractivity contribution in [2.24, 2.45) is 5.92 Å². The van der Waals surface area contributed by atoms with Crippen molar-refractivity contribution < 1.29 is 19.1 Å². The zero-order valence-corrected chi connectivity index (χ0v) is 11.7. The van der Waals surface area contributed by atoms with Gasteiger partial charge in [-0.2, -0.15) is 0 Å². The average Bonchev–Trinajstić information content (AvgIpc) is 2.64. The number of hydrogen-bond donors (Lipinski definition) is 0. The first-order valence-electron chi connectivity index (χ1n) is 6.33. The van der Waals surface area contributed by atoms with E-state index in [0.717, 1.165) is 6.42 Å². The summed E-state index contributed by atoms with van der Waals surface area (Å²) in [5.74, 6) is -0.566. The van der Waals surface area contributed by atoms with Crippen LogP contribution in [-0.2, 0) is 19.1 Å². The van der Waals surface area contributed by atoms with Crippen molar-refractivity contribution in [3.63, 3.8) is 0 Å². The van der Waals surface area contributed by atoms with Crippen molar-refractivity contribution in [1.82, 2.24) is 4.90 Å². The van der Waals surface area contributed by atoms with E-state index in [1.165, 1.54) is 7.11 Å². The molecule has 1 aliphatic rings. The number of rotatable bonds is 5. The van der Waals surface area contributed by atoms with E-state index in [1.54, 1.807) is 4.90 Å². The Labute approximate surface area is 108 Å². The molecule has 0 saturated carbocycles. The van der Waals surface area contributed by atoms with Gasteiger partial charge in [0.15, 0.2) is 0 Å². The highest BCUT2D eigenvalue weighted by atomic mass is 16.5. The standard InChI is InChI=1S/C13H23NO4/c1-13(2,3)18-7-5-6-14-9-10(8-11(14)15)12(16)17-4/h10H,5-9H2,1-4H3. The summed E-state index contributed by atoms with van der Waals surface area (Å²) in [4.78, 5) is 24.7. The summed E-state index contributed by atoms with van der Waals surface area (Å²) in [6.07, 6.45) is 1.06. The molecule has 0 bridgehead atoms. The molecular weight excluding hydrogens is 234 g/mol. The summed E-state index contributed by atoms with van der Waals surface area (Å²) < 4.78 is 10.2. The van der Waals surface area contributed by atoms with Crippen LogP contribution >= 0.6 is 0 Å². The maximum atomic E-state index is 11.7. The van der Waals surface area contributed by atoms with E-state index in [1.807, 2.05) is 20.8 Å². The van der Waals surface area contributed by atoms with Crippen LogP contribution in [0.4, 0.5) is 0 Å². The van der Waals surface area contributed by atoms with E-state index in [-0.39, 0.29) is 29.8 Å². The van der Waals surface area contributed by atoms with Crippen molar-refractivity contribution in [3.8, 4) is 0 Å². The molecule has 1 saturated heterocycles. The highest BCUT2D eigenvalue weighted by molar-refractivity contribution is 5.86. The zero-order valence-electron chi connectivity index (χ0n) is 11.7. The molecule has 5 heteroatoms. The third-order valence-electron chi connectivity index (χ3n) is 2.86. The van der Waals surface area contributed by atoms with Gasteiger partial charge in [0.1, 0.15) is 0 Å². The highest BCUT2D eigenvalue weighted by Gasteiger charge is 2.34. The molecule has 1 aliphatic heterocycles. The molecule has 0 radical (unpaired) electrons. The number of carbonyl (C=O) groups excluding carboxylic acids is 2. The Morgan fingerprint density at radius 2 is 2.11 bits per heavy atom. The minimum Gasteiger partial charge on any atom is -0.469 e. The van der Waals surface area contributed by atoms with Crippen LogP contribution in [0.1, 0.15) is 33.6 Å². The summed E-state index contributed by atoms with van der Waals surface area (Å²) in [6.45, 7) is 7.74. The molecule has 0 aromatic heterocycles. The maximum absolute atomic E-state index is 11.7. The normalized spacial score (nSPS) is 20.3. The first-order valence-corrected chi connectivity index (χ1v) is 6.33. The lowest BCUT2D eigenvalue weighted by atomic mass is 10.1. The van der Waals surface area contributed by atoms with E-state index in [9.17, 15) is 9.59 Å². The summed E-state index contributed by atoms with van der Waals surface area (Å²) in [5.41, 5.74) is -0.149. The van der Waals surface area contributed by atoms with Gasteiger partial charge in [-0.3, -0.25) is 9.59 Å². The van der Waals surface area contributed by atoms with Crippen LogP contribution in [0.2, 0.25) is 0 Å². The molecular formula is C13H23NO4. The van der Waals surface area contributed by atoms with Gasteiger partial charge in [0.05, 0.1) is 18.6 Å². The third-order valence-corrected chi connectivity index (χ3v) is 2.86. The second-order valence-corrected chi connectivity index (χ2v) is 5.58. The van der Waals surface area contributed by atoms with Gasteiger partial charge in [-0.15, -0.1) is 0 Å². The maximum Gasteiger partial charge on any atom is 0.310 e. The van der Waals surface area contributed by atoms with Gasteiger partial charge >= 0.3 is 5.97 Å². The number of esters is 1. The van der Waals surface area contributed by atoms with Crippen LogP contribution in [0.25, 0.3) is 0 Å². The monoisotopic (exact) mass is 257 g/mol. The minimum absolute atomic E-state index is 0.0289. The van der Waals surface area contributed by atoms with Gasteiger partial charge < -0.3 is 14.4 Å². The van der Waals surface area contributed by atoms with E-state index in [0.29, 0.717) is 19.7 Å². The second-order valence-electron chi connectivity index (χ2n) is 5.58. The lowest BCUT2D eigenvalue weighted by molar-refractivity contribution is -0.145. The fourth-order valence-electron chi connectivity index (χ4n) is 1.95. The fourth-order valence-corrected chi connectivity index (χ4v) is 1.95. The third kappa shape index (κ3) is 4.64. The zero-order chi connectivity index (χ0) is 13.8. The van der Waals surface area contributed by atoms with Crippen LogP contribution < -0.4 is 0 Å². The van der Waals surface area contributed by atoms with E-state index in [4.69, 9.17) is 4.74 Å². The lowest BCUT2D eigenvalue weighted by Crippen LogP contribution is -2.29. The van der Waals surface area contributed by atoms with E-state index < -0.39 is 0 Å². The highest BCUT2D eigenvalue weighted by Crippen LogP contribution is 2.19. The first-order chi connectivity index (χ1) is 8.33. The van der Waals surface area contributed by atoms with Gasteiger partial charge in [0.25, 0.3) is 0 Å². The van der Waals surface area contributed by atoms with Gasteiger partial charge in [-0.05, 0) is 27.2 Å². The van der Waals surface area contributed by atoms with Crippen molar-refractivity contribution in [2.45, 2.75) is 39.2 Å². The van der Waals surface area contributed by atoms with Gasteiger partial charge in [0, 0.05) is 26.1 Å². The van der Waals surface area contributed by atoms with Crippen LogP contribution in [-0.4, -0.2) is 49.2 Å². The number of nitrogens with zero attached hydrogens (tertiary/aromatic N) is 1. The van der Waals surface area contributed by atoms with Gasteiger partial charge in [-0.25, -0.2) is 0 Å². The van der Waals surface area contributed by atoms with Crippen LogP contribution in [0.5, 0.6) is 0 Å². The van der Waals surface area contributed by atoms with E-state index in [2.05, 4.69) is 4.74 Å². The summed E-state index contributed by atoms with van der Waals surface area (Å²) >= 11 is 0. The number of amides is 1. The number of likely N-dealkylation sites (tertiary alicyclic amines) is 1. The Morgan fingerprint density at radius 3 is 2.67 bits per heavy atom. The molecule has 1 fully saturated rings. The quantitative estimate of drug-likeness (QED) is 0.549. The largest absolute Gasteiger partial charge is 0.469 e. The first kappa shape index (κ1) is 15.0. The molecule has 1 rings (SSSR count). The molecule has 0 aromatic carbocycles. The predicted octanol–water partition coefficient (Wildman–Crippen LogP) is 1.21. The number of ether oxygens (including phenoxy) is 2. The number of methoxy groups -OCH3 is 1. The summed E-state index contributed by atoms with van der Waals surface area (Å²) in [5, 5.41) is 0. The Bertz CT molecular complexity index is 309.